The lowest BCUT2D eigenvalue weighted by Crippen LogP contribution is -2.30. The molecule has 0 saturated carbocycles. The Morgan fingerprint density at radius 1 is 1.07 bits per heavy atom. The van der Waals surface area contributed by atoms with Gasteiger partial charge in [-0.25, -0.2) is 29.5 Å². The lowest BCUT2D eigenvalue weighted by atomic mass is 10.2. The Labute approximate surface area is 225 Å². The van der Waals surface area contributed by atoms with Crippen LogP contribution in [0.4, 0.5) is 11.6 Å². The summed E-state index contributed by atoms with van der Waals surface area (Å²) in [6, 6.07) is 0. The molecule has 0 radical (unpaired) electrons. The molecule has 8 atom stereocenters. The smallest absolute Gasteiger partial charge is 0.394 e. The van der Waals surface area contributed by atoms with E-state index in [1.807, 2.05) is 0 Å². The van der Waals surface area contributed by atoms with Gasteiger partial charge in [-0.1, -0.05) is 0 Å². The average Bonchev–Trinajstić information content (AvgIpc) is 3.67. The van der Waals surface area contributed by atoms with Gasteiger partial charge >= 0.3 is 7.82 Å². The monoisotopic (exact) mass is 582 g/mol. The number of imidazole rings is 2. The topological polar surface area (TPSA) is 273 Å². The molecule has 9 N–H and O–H groups in total. The molecule has 40 heavy (non-hydrogen) atoms. The molecule has 3 aromatic heterocycles. The first-order chi connectivity index (χ1) is 19.1. The van der Waals surface area contributed by atoms with Gasteiger partial charge in [0.25, 0.3) is 0 Å². The fourth-order valence-corrected chi connectivity index (χ4v) is 5.85. The summed E-state index contributed by atoms with van der Waals surface area (Å²) in [5.74, 6) is 0.511. The molecule has 216 valence electrons. The summed E-state index contributed by atoms with van der Waals surface area (Å²) in [5, 5.41) is 33.2. The Kier molecular flexibility index (Phi) is 6.93. The van der Waals surface area contributed by atoms with Crippen LogP contribution in [0.15, 0.2) is 24.0 Å². The first kappa shape index (κ1) is 26.9. The molecule has 2 saturated heterocycles. The SMILES string of the molecule is NC1=NC(O)c2ncn([C@H]3C[C@H](O)[C@@H](COP(=O)(O)O[C@H]4C[C@H](n5cnc6c(N)ncnc65)O[C@@H]4CO)O3)c2N1. The van der Waals surface area contributed by atoms with Crippen molar-refractivity contribution in [3.05, 3.63) is 24.7 Å². The average molecular weight is 582 g/mol. The Morgan fingerprint density at radius 3 is 2.62 bits per heavy atom. The molecule has 0 amide bonds. The van der Waals surface area contributed by atoms with E-state index in [0.29, 0.717) is 17.0 Å². The van der Waals surface area contributed by atoms with Crippen molar-refractivity contribution >= 4 is 36.6 Å². The molecular formula is C20H27N10O9P. The van der Waals surface area contributed by atoms with Gasteiger partial charge in [-0.05, 0) is 0 Å². The molecule has 0 aliphatic carbocycles. The number of aromatic nitrogens is 6. The van der Waals surface area contributed by atoms with E-state index >= 15 is 0 Å². The number of nitrogens with one attached hydrogen (secondary N) is 1. The van der Waals surface area contributed by atoms with Crippen LogP contribution in [0, 0.1) is 0 Å². The summed E-state index contributed by atoms with van der Waals surface area (Å²) in [6.07, 6.45) is -2.47. The minimum Gasteiger partial charge on any atom is -0.394 e. The molecule has 6 rings (SSSR count). The highest BCUT2D eigenvalue weighted by Gasteiger charge is 2.43. The molecule has 20 heteroatoms. The highest BCUT2D eigenvalue weighted by atomic mass is 31.2. The third-order valence-electron chi connectivity index (χ3n) is 6.82. The second-order valence-electron chi connectivity index (χ2n) is 9.37. The summed E-state index contributed by atoms with van der Waals surface area (Å²) >= 11 is 0. The normalized spacial score (nSPS) is 31.6. The van der Waals surface area contributed by atoms with Crippen LogP contribution >= 0.6 is 7.82 Å². The van der Waals surface area contributed by atoms with Crippen molar-refractivity contribution < 1.29 is 43.3 Å². The van der Waals surface area contributed by atoms with Crippen LogP contribution < -0.4 is 16.8 Å². The quantitative estimate of drug-likeness (QED) is 0.148. The van der Waals surface area contributed by atoms with Crippen LogP contribution in [-0.2, 0) is 23.1 Å². The summed E-state index contributed by atoms with van der Waals surface area (Å²) < 4.78 is 38.1. The lowest BCUT2D eigenvalue weighted by molar-refractivity contribution is -0.0556. The Hall–Kier alpha value is -3.26. The zero-order valence-electron chi connectivity index (χ0n) is 20.7. The first-order valence-electron chi connectivity index (χ1n) is 12.2. The molecule has 6 heterocycles. The van der Waals surface area contributed by atoms with Crippen molar-refractivity contribution in [1.29, 1.82) is 0 Å². The third-order valence-corrected chi connectivity index (χ3v) is 7.83. The van der Waals surface area contributed by atoms with Crippen LogP contribution in [0.25, 0.3) is 11.2 Å². The van der Waals surface area contributed by atoms with Gasteiger partial charge in [0.1, 0.15) is 54.1 Å². The molecule has 0 spiro atoms. The number of fused-ring (bicyclic) bond motifs is 2. The largest absolute Gasteiger partial charge is 0.472 e. The van der Waals surface area contributed by atoms with Crippen LogP contribution in [-0.4, -0.2) is 92.9 Å². The van der Waals surface area contributed by atoms with E-state index in [0.717, 1.165) is 0 Å². The van der Waals surface area contributed by atoms with Gasteiger partial charge in [0.15, 0.2) is 23.7 Å². The maximum absolute atomic E-state index is 12.8. The fourth-order valence-electron chi connectivity index (χ4n) is 4.89. The number of nitrogen functional groups attached to an aromatic ring is 1. The number of ether oxygens (including phenoxy) is 2. The van der Waals surface area contributed by atoms with Gasteiger partial charge in [0.05, 0.1) is 32.0 Å². The zero-order chi connectivity index (χ0) is 28.2. The molecule has 0 bridgehead atoms. The maximum atomic E-state index is 12.8. The third kappa shape index (κ3) is 4.91. The van der Waals surface area contributed by atoms with Crippen molar-refractivity contribution in [3.8, 4) is 0 Å². The maximum Gasteiger partial charge on any atom is 0.472 e. The lowest BCUT2D eigenvalue weighted by Gasteiger charge is -2.22. The number of phosphoric ester groups is 1. The molecular weight excluding hydrogens is 555 g/mol. The number of phosphoric acid groups is 1. The number of hydrogen-bond acceptors (Lipinski definition) is 16. The van der Waals surface area contributed by atoms with Crippen LogP contribution in [0.2, 0.25) is 0 Å². The van der Waals surface area contributed by atoms with E-state index in [-0.39, 0.29) is 30.3 Å². The molecule has 19 nitrogen and oxygen atoms in total. The van der Waals surface area contributed by atoms with Crippen molar-refractivity contribution in [2.75, 3.05) is 24.3 Å². The van der Waals surface area contributed by atoms with Gasteiger partial charge in [-0.15, -0.1) is 0 Å². The van der Waals surface area contributed by atoms with Gasteiger partial charge < -0.3 is 46.5 Å². The summed E-state index contributed by atoms with van der Waals surface area (Å²) in [4.78, 5) is 30.5. The van der Waals surface area contributed by atoms with E-state index in [2.05, 4.69) is 30.2 Å². The fraction of sp³-hybridized carbons (Fsp3) is 0.550. The highest BCUT2D eigenvalue weighted by molar-refractivity contribution is 7.47. The molecule has 2 unspecified atom stereocenters. The van der Waals surface area contributed by atoms with Crippen molar-refractivity contribution in [1.82, 2.24) is 29.1 Å². The van der Waals surface area contributed by atoms with Crippen LogP contribution in [0.5, 0.6) is 0 Å². The molecule has 3 aliphatic heterocycles. The number of aliphatic hydroxyl groups excluding tert-OH is 3. The molecule has 3 aromatic rings. The van der Waals surface area contributed by atoms with Crippen molar-refractivity contribution in [3.63, 3.8) is 0 Å². The van der Waals surface area contributed by atoms with Crippen LogP contribution in [0.3, 0.4) is 0 Å². The van der Waals surface area contributed by atoms with E-state index in [9.17, 15) is 24.8 Å². The van der Waals surface area contributed by atoms with Crippen molar-refractivity contribution in [2.45, 2.75) is 55.9 Å². The number of guanidine groups is 1. The van der Waals surface area contributed by atoms with Crippen molar-refractivity contribution in [2.24, 2.45) is 10.7 Å². The number of rotatable bonds is 8. The minimum absolute atomic E-state index is 0.0171. The van der Waals surface area contributed by atoms with E-state index in [1.54, 1.807) is 4.57 Å². The highest BCUT2D eigenvalue weighted by Crippen LogP contribution is 2.49. The second kappa shape index (κ2) is 10.3. The number of nitrogens with zero attached hydrogens (tertiary/aromatic N) is 7. The summed E-state index contributed by atoms with van der Waals surface area (Å²) in [7, 11) is -4.70. The zero-order valence-corrected chi connectivity index (χ0v) is 21.6. The predicted molar refractivity (Wildman–Crippen MR) is 133 cm³/mol. The number of hydrogen-bond donors (Lipinski definition) is 7. The summed E-state index contributed by atoms with van der Waals surface area (Å²) in [6.45, 7) is -0.977. The van der Waals surface area contributed by atoms with E-state index in [1.165, 1.54) is 23.5 Å². The number of aliphatic imine (C=N–C) groups is 1. The minimum atomic E-state index is -4.70. The predicted octanol–water partition coefficient (Wildman–Crippen LogP) is -1.53. The molecule has 2 fully saturated rings. The number of anilines is 2. The Balaban J connectivity index is 1.08. The van der Waals surface area contributed by atoms with Gasteiger partial charge in [0.2, 0.25) is 0 Å². The summed E-state index contributed by atoms with van der Waals surface area (Å²) in [5.41, 5.74) is 12.5. The Morgan fingerprint density at radius 2 is 1.82 bits per heavy atom. The van der Waals surface area contributed by atoms with Gasteiger partial charge in [-0.2, -0.15) is 0 Å². The standard InChI is InChI=1S/C20H27N10O9P/c21-16-14-17(24-5-23-16)29(6-25-14)13-2-9(10(3-31)37-13)39-40(34,35)36-4-11-8(32)1-12(38-11)30-7-26-15-18(30)27-20(22)28-19(15)33/h5-13,19,31-33H,1-4H2,(H,34,35)(H2,21,23,24)(H3,22,27,28)/t8-,9-,10+,11+,12+,13+,19?/m0/s1. The van der Waals surface area contributed by atoms with E-state index in [4.69, 9.17) is 30.0 Å². The molecule has 3 aliphatic rings. The van der Waals surface area contributed by atoms with Crippen LogP contribution in [0.1, 0.15) is 37.2 Å². The molecule has 0 aromatic carbocycles. The van der Waals surface area contributed by atoms with Gasteiger partial charge in [0, 0.05) is 12.8 Å². The first-order valence-corrected chi connectivity index (χ1v) is 13.7. The second-order valence-corrected chi connectivity index (χ2v) is 10.8. The Bertz CT molecular complexity index is 1480. The van der Waals surface area contributed by atoms with Gasteiger partial charge in [-0.3, -0.25) is 18.2 Å². The number of nitrogens with two attached hydrogens (primary N) is 2. The number of aliphatic hydroxyl groups is 3. The van der Waals surface area contributed by atoms with E-state index < -0.39 is 64.1 Å².